The van der Waals surface area contributed by atoms with Crippen LogP contribution in [-0.2, 0) is 22.6 Å². The van der Waals surface area contributed by atoms with Crippen LogP contribution in [0.4, 0.5) is 10.5 Å². The number of benzene rings is 5. The summed E-state index contributed by atoms with van der Waals surface area (Å²) < 4.78 is 13.2. The van der Waals surface area contributed by atoms with Gasteiger partial charge in [0.05, 0.1) is 18.8 Å². The van der Waals surface area contributed by atoms with Gasteiger partial charge in [0, 0.05) is 36.8 Å². The molecular weight excluding hydrogens is 574 g/mol. The van der Waals surface area contributed by atoms with Crippen LogP contribution in [-0.4, -0.2) is 35.7 Å². The number of ether oxygens (including phenoxy) is 2. The molecule has 4 atom stereocenters. The zero-order chi connectivity index (χ0) is 31.9. The molecule has 0 spiro atoms. The molecule has 46 heavy (non-hydrogen) atoms. The highest BCUT2D eigenvalue weighted by Gasteiger charge is 2.33. The lowest BCUT2D eigenvalue weighted by Crippen LogP contribution is -2.38. The van der Waals surface area contributed by atoms with E-state index >= 15 is 0 Å². The molecule has 7 heteroatoms. The number of anilines is 1. The van der Waals surface area contributed by atoms with Gasteiger partial charge >= 0.3 is 6.03 Å². The highest BCUT2D eigenvalue weighted by atomic mass is 16.7. The van der Waals surface area contributed by atoms with Crippen LogP contribution in [0.25, 0.3) is 10.8 Å². The third-order valence-electron chi connectivity index (χ3n) is 8.74. The van der Waals surface area contributed by atoms with Crippen LogP contribution in [0.5, 0.6) is 0 Å². The molecule has 236 valence electrons. The summed E-state index contributed by atoms with van der Waals surface area (Å²) in [5, 5.41) is 17.9. The van der Waals surface area contributed by atoms with Gasteiger partial charge in [0.25, 0.3) is 0 Å². The van der Waals surface area contributed by atoms with E-state index < -0.39 is 6.29 Å². The van der Waals surface area contributed by atoms with Gasteiger partial charge in [-0.2, -0.15) is 0 Å². The number of nitrogens with one attached hydrogen (secondary N) is 2. The molecule has 1 aliphatic heterocycles. The van der Waals surface area contributed by atoms with Crippen LogP contribution in [0.3, 0.4) is 0 Å². The first-order chi connectivity index (χ1) is 22.4. The van der Waals surface area contributed by atoms with Gasteiger partial charge < -0.3 is 25.2 Å². The van der Waals surface area contributed by atoms with Crippen molar-refractivity contribution in [1.82, 2.24) is 10.2 Å². The van der Waals surface area contributed by atoms with Crippen LogP contribution in [0, 0.1) is 0 Å². The van der Waals surface area contributed by atoms with Crippen LogP contribution in [0.2, 0.25) is 0 Å². The van der Waals surface area contributed by atoms with E-state index in [0.29, 0.717) is 25.2 Å². The van der Waals surface area contributed by atoms with E-state index in [1.807, 2.05) is 78.9 Å². The van der Waals surface area contributed by atoms with Crippen LogP contribution in [0.1, 0.15) is 59.6 Å². The van der Waals surface area contributed by atoms with E-state index in [4.69, 9.17) is 9.47 Å². The lowest BCUT2D eigenvalue weighted by molar-refractivity contribution is -0.253. The minimum atomic E-state index is -0.625. The van der Waals surface area contributed by atoms with Gasteiger partial charge in [0.2, 0.25) is 0 Å². The van der Waals surface area contributed by atoms with Crippen molar-refractivity contribution in [2.45, 2.75) is 51.0 Å². The van der Waals surface area contributed by atoms with Crippen LogP contribution < -0.4 is 10.6 Å². The van der Waals surface area contributed by atoms with E-state index in [9.17, 15) is 9.90 Å². The Hall–Kier alpha value is -4.53. The number of aliphatic hydroxyl groups is 1. The van der Waals surface area contributed by atoms with Crippen molar-refractivity contribution >= 4 is 22.5 Å². The van der Waals surface area contributed by atoms with Crippen molar-refractivity contribution < 1.29 is 19.4 Å². The maximum Gasteiger partial charge on any atom is 0.319 e. The second-order valence-electron chi connectivity index (χ2n) is 12.0. The summed E-state index contributed by atoms with van der Waals surface area (Å²) in [5.41, 5.74) is 5.66. The predicted octanol–water partition coefficient (Wildman–Crippen LogP) is 7.89. The van der Waals surface area contributed by atoms with E-state index in [-0.39, 0.29) is 30.9 Å². The quantitative estimate of drug-likeness (QED) is 0.149. The number of fused-ring (bicyclic) bond motifs is 1. The van der Waals surface area contributed by atoms with Crippen molar-refractivity contribution in [3.63, 3.8) is 0 Å². The number of aliphatic hydroxyl groups excluding tert-OH is 1. The Morgan fingerprint density at radius 2 is 1.59 bits per heavy atom. The highest BCUT2D eigenvalue weighted by Crippen LogP contribution is 2.39. The van der Waals surface area contributed by atoms with Gasteiger partial charge in [-0.1, -0.05) is 103 Å². The number of likely N-dealkylation sites (N-methyl/N-ethyl adjacent to an activating group) is 1. The molecule has 6 rings (SSSR count). The zero-order valence-electron chi connectivity index (χ0n) is 26.3. The Bertz CT molecular complexity index is 1740. The molecule has 0 radical (unpaired) electrons. The van der Waals surface area contributed by atoms with E-state index in [1.165, 1.54) is 16.3 Å². The van der Waals surface area contributed by atoms with Gasteiger partial charge in [-0.3, -0.25) is 4.90 Å². The molecule has 4 unspecified atom stereocenters. The average molecular weight is 616 g/mol. The maximum absolute atomic E-state index is 12.7. The number of hydrogen-bond acceptors (Lipinski definition) is 5. The molecule has 3 N–H and O–H groups in total. The lowest BCUT2D eigenvalue weighted by atomic mass is 9.98. The molecule has 0 aliphatic carbocycles. The minimum absolute atomic E-state index is 0.00363. The molecule has 0 bridgehead atoms. The minimum Gasteiger partial charge on any atom is -0.392 e. The van der Waals surface area contributed by atoms with Crippen molar-refractivity contribution in [3.8, 4) is 0 Å². The summed E-state index contributed by atoms with van der Waals surface area (Å²) in [6, 6.07) is 40.3. The summed E-state index contributed by atoms with van der Waals surface area (Å²) in [6.07, 6.45) is -0.254. The number of nitrogens with zero attached hydrogens (tertiary/aromatic N) is 1. The predicted molar refractivity (Wildman–Crippen MR) is 182 cm³/mol. The summed E-state index contributed by atoms with van der Waals surface area (Å²) in [7, 11) is 2.14. The number of carbonyl (C=O) groups is 1. The molecule has 1 aliphatic rings. The Morgan fingerprint density at radius 1 is 0.826 bits per heavy atom. The third-order valence-corrected chi connectivity index (χ3v) is 8.74. The fourth-order valence-corrected chi connectivity index (χ4v) is 5.95. The van der Waals surface area contributed by atoms with Crippen molar-refractivity contribution in [1.29, 1.82) is 0 Å². The maximum atomic E-state index is 12.7. The van der Waals surface area contributed by atoms with Crippen molar-refractivity contribution in [2.24, 2.45) is 0 Å². The Balaban J connectivity index is 1.18. The number of rotatable bonds is 10. The van der Waals surface area contributed by atoms with Gasteiger partial charge in [0.15, 0.2) is 6.29 Å². The smallest absolute Gasteiger partial charge is 0.319 e. The number of hydrogen-bond donors (Lipinski definition) is 3. The van der Waals surface area contributed by atoms with Gasteiger partial charge in [0.1, 0.15) is 0 Å². The number of amides is 2. The molecule has 1 fully saturated rings. The topological polar surface area (TPSA) is 83.1 Å². The second-order valence-corrected chi connectivity index (χ2v) is 12.0. The van der Waals surface area contributed by atoms with Gasteiger partial charge in [-0.25, -0.2) is 4.79 Å². The Morgan fingerprint density at radius 3 is 2.37 bits per heavy atom. The first-order valence-corrected chi connectivity index (χ1v) is 15.8. The average Bonchev–Trinajstić information content (AvgIpc) is 3.10. The van der Waals surface area contributed by atoms with Gasteiger partial charge in [-0.15, -0.1) is 0 Å². The Labute approximate surface area is 270 Å². The molecule has 7 nitrogen and oxygen atoms in total. The summed E-state index contributed by atoms with van der Waals surface area (Å²) in [6.45, 7) is 3.37. The summed E-state index contributed by atoms with van der Waals surface area (Å²) in [5.74, 6) is 0. The molecule has 0 saturated carbocycles. The molecule has 5 aromatic carbocycles. The molecular formula is C39H41N3O4. The van der Waals surface area contributed by atoms with E-state index in [1.54, 1.807) is 0 Å². The zero-order valence-corrected chi connectivity index (χ0v) is 26.3. The van der Waals surface area contributed by atoms with Gasteiger partial charge in [-0.05, 0) is 65.2 Å². The van der Waals surface area contributed by atoms with E-state index in [0.717, 1.165) is 22.3 Å². The van der Waals surface area contributed by atoms with Crippen LogP contribution in [0.15, 0.2) is 121 Å². The van der Waals surface area contributed by atoms with E-state index in [2.05, 4.69) is 72.0 Å². The van der Waals surface area contributed by atoms with Crippen molar-refractivity contribution in [3.05, 3.63) is 149 Å². The highest BCUT2D eigenvalue weighted by molar-refractivity contribution is 5.89. The SMILES string of the molecule is CC(c1ccc2ccccc2c1)N(C)CC1CC(c2ccc(CO)cc2)OC(c2cccc(NC(=O)NCc3ccccc3)c2)O1. The molecule has 1 saturated heterocycles. The normalized spacial score (nSPS) is 18.7. The largest absolute Gasteiger partial charge is 0.392 e. The summed E-state index contributed by atoms with van der Waals surface area (Å²) >= 11 is 0. The fraction of sp³-hybridized carbons (Fsp3) is 0.256. The lowest BCUT2D eigenvalue weighted by Gasteiger charge is -2.39. The first-order valence-electron chi connectivity index (χ1n) is 15.8. The van der Waals surface area contributed by atoms with Crippen molar-refractivity contribution in [2.75, 3.05) is 18.9 Å². The molecule has 1 heterocycles. The standard InChI is InChI=1S/C39H41N3O4/c1-27(32-20-19-30-11-6-7-12-33(30)21-32)42(2)25-36-23-37(31-17-15-29(26-43)16-18-31)46-38(45-36)34-13-8-14-35(22-34)41-39(44)40-24-28-9-4-3-5-10-28/h3-22,27,36-38,43H,23-26H2,1-2H3,(H2,40,41,44). The third kappa shape index (κ3) is 7.81. The fourth-order valence-electron chi connectivity index (χ4n) is 5.95. The molecule has 2 amide bonds. The van der Waals surface area contributed by atoms with Crippen LogP contribution >= 0.6 is 0 Å². The number of urea groups is 1. The summed E-state index contributed by atoms with van der Waals surface area (Å²) in [4.78, 5) is 15.0. The Kier molecular flexibility index (Phi) is 10.1. The molecule has 5 aromatic rings. The monoisotopic (exact) mass is 615 g/mol. The second kappa shape index (κ2) is 14.7. The number of carbonyl (C=O) groups excluding carboxylic acids is 1. The first kappa shape index (κ1) is 31.5. The molecule has 0 aromatic heterocycles.